The summed E-state index contributed by atoms with van der Waals surface area (Å²) in [5, 5.41) is 10.1. The quantitative estimate of drug-likeness (QED) is 0.802. The number of carbonyl (C=O) groups is 1. The smallest absolute Gasteiger partial charge is 0.320 e. The molecule has 0 spiro atoms. The number of aliphatic hydroxyl groups excluding tert-OH is 1. The molecular weight excluding hydrogens is 252 g/mol. The molecule has 3 atom stereocenters. The van der Waals surface area contributed by atoms with Crippen LogP contribution >= 0.6 is 0 Å². The third-order valence-electron chi connectivity index (χ3n) is 5.62. The molecule has 3 unspecified atom stereocenters. The fraction of sp³-hybridized carbons (Fsp3) is 0.938. The van der Waals surface area contributed by atoms with E-state index in [-0.39, 0.29) is 12.1 Å². The van der Waals surface area contributed by atoms with Crippen LogP contribution in [-0.4, -0.2) is 52.7 Å². The summed E-state index contributed by atoms with van der Waals surface area (Å²) >= 11 is 0. The number of urea groups is 1. The molecule has 0 aromatic rings. The van der Waals surface area contributed by atoms with Crippen LogP contribution in [0.1, 0.15) is 51.9 Å². The van der Waals surface area contributed by atoms with Gasteiger partial charge in [0.1, 0.15) is 0 Å². The van der Waals surface area contributed by atoms with Crippen LogP contribution in [0.2, 0.25) is 0 Å². The average molecular weight is 280 g/mol. The Balaban J connectivity index is 1.64. The second-order valence-electron chi connectivity index (χ2n) is 7.02. The molecule has 0 radical (unpaired) electrons. The molecule has 2 amide bonds. The number of likely N-dealkylation sites (tertiary alicyclic amines) is 2. The summed E-state index contributed by atoms with van der Waals surface area (Å²) in [5.41, 5.74) is 0. The van der Waals surface area contributed by atoms with Gasteiger partial charge in [0, 0.05) is 31.6 Å². The lowest BCUT2D eigenvalue weighted by Crippen LogP contribution is -2.50. The topological polar surface area (TPSA) is 43.8 Å². The zero-order chi connectivity index (χ0) is 14.1. The SMILES string of the molecule is CC1CCN(C(=O)N2CCCC2C2CCCC2O)CC1. The van der Waals surface area contributed by atoms with E-state index in [0.717, 1.165) is 70.5 Å². The molecule has 3 rings (SSSR count). The van der Waals surface area contributed by atoms with Crippen LogP contribution in [0.15, 0.2) is 0 Å². The van der Waals surface area contributed by atoms with Gasteiger partial charge in [-0.1, -0.05) is 13.3 Å². The highest BCUT2D eigenvalue weighted by Crippen LogP contribution is 2.36. The normalized spacial score (nSPS) is 35.8. The lowest BCUT2D eigenvalue weighted by Gasteiger charge is -2.38. The van der Waals surface area contributed by atoms with Gasteiger partial charge < -0.3 is 14.9 Å². The van der Waals surface area contributed by atoms with Gasteiger partial charge in [0.2, 0.25) is 0 Å². The molecule has 4 heteroatoms. The summed E-state index contributed by atoms with van der Waals surface area (Å²) < 4.78 is 0. The van der Waals surface area contributed by atoms with E-state index in [1.807, 2.05) is 4.90 Å². The Morgan fingerprint density at radius 3 is 2.40 bits per heavy atom. The predicted octanol–water partition coefficient (Wildman–Crippen LogP) is 2.46. The number of nitrogens with zero attached hydrogens (tertiary/aromatic N) is 2. The maximum Gasteiger partial charge on any atom is 0.320 e. The standard InChI is InChI=1S/C16H28N2O2/c1-12-7-10-17(11-8-12)16(20)18-9-3-5-14(18)13-4-2-6-15(13)19/h12-15,19H,2-11H2,1H3. The van der Waals surface area contributed by atoms with Gasteiger partial charge in [-0.05, 0) is 44.4 Å². The monoisotopic (exact) mass is 280 g/mol. The van der Waals surface area contributed by atoms with E-state index >= 15 is 0 Å². The van der Waals surface area contributed by atoms with E-state index in [2.05, 4.69) is 11.8 Å². The summed E-state index contributed by atoms with van der Waals surface area (Å²) in [4.78, 5) is 16.9. The predicted molar refractivity (Wildman–Crippen MR) is 78.4 cm³/mol. The number of hydrogen-bond acceptors (Lipinski definition) is 2. The van der Waals surface area contributed by atoms with Crippen LogP contribution in [0, 0.1) is 11.8 Å². The minimum absolute atomic E-state index is 0.185. The van der Waals surface area contributed by atoms with Gasteiger partial charge in [0.25, 0.3) is 0 Å². The van der Waals surface area contributed by atoms with Crippen molar-refractivity contribution in [3.8, 4) is 0 Å². The van der Waals surface area contributed by atoms with Gasteiger partial charge in [0.15, 0.2) is 0 Å². The van der Waals surface area contributed by atoms with E-state index in [1.54, 1.807) is 0 Å². The van der Waals surface area contributed by atoms with Crippen LogP contribution in [0.25, 0.3) is 0 Å². The molecule has 3 aliphatic rings. The summed E-state index contributed by atoms with van der Waals surface area (Å²) in [5.74, 6) is 1.08. The molecule has 2 aliphatic heterocycles. The van der Waals surface area contributed by atoms with Crippen molar-refractivity contribution in [3.63, 3.8) is 0 Å². The molecule has 1 N–H and O–H groups in total. The first kappa shape index (κ1) is 14.2. The molecule has 0 aromatic heterocycles. The van der Waals surface area contributed by atoms with Crippen LogP contribution in [0.3, 0.4) is 0 Å². The zero-order valence-electron chi connectivity index (χ0n) is 12.6. The van der Waals surface area contributed by atoms with Gasteiger partial charge in [-0.25, -0.2) is 4.79 Å². The highest BCUT2D eigenvalue weighted by molar-refractivity contribution is 5.75. The Morgan fingerprint density at radius 1 is 1.00 bits per heavy atom. The summed E-state index contributed by atoms with van der Waals surface area (Å²) in [7, 11) is 0. The Labute approximate surface area is 122 Å². The maximum absolute atomic E-state index is 12.8. The number of carbonyl (C=O) groups excluding carboxylic acids is 1. The van der Waals surface area contributed by atoms with E-state index < -0.39 is 0 Å². The van der Waals surface area contributed by atoms with E-state index in [9.17, 15) is 9.90 Å². The van der Waals surface area contributed by atoms with Gasteiger partial charge in [-0.3, -0.25) is 0 Å². The van der Waals surface area contributed by atoms with Gasteiger partial charge in [-0.2, -0.15) is 0 Å². The van der Waals surface area contributed by atoms with E-state index in [4.69, 9.17) is 0 Å². The van der Waals surface area contributed by atoms with Crippen molar-refractivity contribution in [2.24, 2.45) is 11.8 Å². The Kier molecular flexibility index (Phi) is 4.20. The highest BCUT2D eigenvalue weighted by Gasteiger charge is 2.41. The fourth-order valence-corrected chi connectivity index (χ4v) is 4.27. The summed E-state index contributed by atoms with van der Waals surface area (Å²) in [6.45, 7) is 4.99. The molecule has 1 saturated carbocycles. The van der Waals surface area contributed by atoms with Crippen LogP contribution < -0.4 is 0 Å². The van der Waals surface area contributed by atoms with Crippen molar-refractivity contribution in [2.75, 3.05) is 19.6 Å². The number of hydrogen-bond donors (Lipinski definition) is 1. The lowest BCUT2D eigenvalue weighted by atomic mass is 9.94. The Hall–Kier alpha value is -0.770. The summed E-state index contributed by atoms with van der Waals surface area (Å²) in [6, 6.07) is 0.526. The second-order valence-corrected chi connectivity index (χ2v) is 7.02. The van der Waals surface area contributed by atoms with E-state index in [0.29, 0.717) is 12.0 Å². The number of amides is 2. The Bertz CT molecular complexity index is 352. The third kappa shape index (κ3) is 2.67. The van der Waals surface area contributed by atoms with Crippen LogP contribution in [0.4, 0.5) is 4.79 Å². The number of piperidine rings is 1. The lowest BCUT2D eigenvalue weighted by molar-refractivity contribution is 0.0711. The van der Waals surface area contributed by atoms with Crippen molar-refractivity contribution in [3.05, 3.63) is 0 Å². The van der Waals surface area contributed by atoms with Crippen LogP contribution in [-0.2, 0) is 0 Å². The van der Waals surface area contributed by atoms with Gasteiger partial charge in [0.05, 0.1) is 6.10 Å². The first-order valence-electron chi connectivity index (χ1n) is 8.40. The van der Waals surface area contributed by atoms with Crippen molar-refractivity contribution in [1.29, 1.82) is 0 Å². The molecule has 3 fully saturated rings. The molecule has 2 heterocycles. The van der Waals surface area contributed by atoms with Crippen molar-refractivity contribution in [1.82, 2.24) is 9.80 Å². The fourth-order valence-electron chi connectivity index (χ4n) is 4.27. The molecular formula is C16H28N2O2. The van der Waals surface area contributed by atoms with Crippen molar-refractivity contribution >= 4 is 6.03 Å². The minimum Gasteiger partial charge on any atom is -0.393 e. The molecule has 0 bridgehead atoms. The number of aliphatic hydroxyl groups is 1. The first-order valence-corrected chi connectivity index (χ1v) is 8.40. The first-order chi connectivity index (χ1) is 9.66. The molecule has 114 valence electrons. The maximum atomic E-state index is 12.8. The van der Waals surface area contributed by atoms with Gasteiger partial charge >= 0.3 is 6.03 Å². The molecule has 0 aromatic carbocycles. The highest BCUT2D eigenvalue weighted by atomic mass is 16.3. The molecule has 2 saturated heterocycles. The Morgan fingerprint density at radius 2 is 1.75 bits per heavy atom. The largest absolute Gasteiger partial charge is 0.393 e. The number of rotatable bonds is 1. The minimum atomic E-state index is -0.185. The molecule has 20 heavy (non-hydrogen) atoms. The summed E-state index contributed by atoms with van der Waals surface area (Å²) in [6.07, 6.45) is 7.39. The van der Waals surface area contributed by atoms with Crippen molar-refractivity contribution in [2.45, 2.75) is 64.0 Å². The van der Waals surface area contributed by atoms with E-state index in [1.165, 1.54) is 0 Å². The third-order valence-corrected chi connectivity index (χ3v) is 5.62. The molecule has 4 nitrogen and oxygen atoms in total. The van der Waals surface area contributed by atoms with Gasteiger partial charge in [-0.15, -0.1) is 0 Å². The second kappa shape index (κ2) is 5.92. The van der Waals surface area contributed by atoms with Crippen LogP contribution in [0.5, 0.6) is 0 Å². The molecule has 1 aliphatic carbocycles. The average Bonchev–Trinajstić information content (AvgIpc) is 3.07. The van der Waals surface area contributed by atoms with Crippen molar-refractivity contribution < 1.29 is 9.90 Å². The zero-order valence-corrected chi connectivity index (χ0v) is 12.6.